The number of likely N-dealkylation sites (N-methyl/N-ethyl adjacent to an activating group) is 1. The highest BCUT2D eigenvalue weighted by molar-refractivity contribution is 6.31. The average molecular weight is 300 g/mol. The summed E-state index contributed by atoms with van der Waals surface area (Å²) >= 11 is 5.99. The van der Waals surface area contributed by atoms with Gasteiger partial charge < -0.3 is 9.84 Å². The molecule has 0 aliphatic rings. The Labute approximate surface area is 125 Å². The van der Waals surface area contributed by atoms with Crippen molar-refractivity contribution < 1.29 is 14.6 Å². The van der Waals surface area contributed by atoms with Gasteiger partial charge in [-0.1, -0.05) is 11.6 Å². The number of halogens is 1. The van der Waals surface area contributed by atoms with Crippen LogP contribution in [0.15, 0.2) is 12.1 Å². The van der Waals surface area contributed by atoms with Crippen molar-refractivity contribution in [2.75, 3.05) is 20.2 Å². The fourth-order valence-corrected chi connectivity index (χ4v) is 2.10. The number of Topliss-reactive ketones (excluding diaryl/α,β-unsaturated/α-hetero) is 1. The molecule has 0 atom stereocenters. The predicted molar refractivity (Wildman–Crippen MR) is 80.5 cm³/mol. The third-order valence-corrected chi connectivity index (χ3v) is 3.12. The maximum atomic E-state index is 11.5. The van der Waals surface area contributed by atoms with Crippen LogP contribution in [0.4, 0.5) is 0 Å². The minimum atomic E-state index is -0.197. The van der Waals surface area contributed by atoms with Crippen molar-refractivity contribution in [2.45, 2.75) is 33.4 Å². The van der Waals surface area contributed by atoms with E-state index in [1.807, 2.05) is 25.8 Å². The maximum Gasteiger partial charge on any atom is 0.163 e. The van der Waals surface area contributed by atoms with Crippen LogP contribution in [0.25, 0.3) is 0 Å². The van der Waals surface area contributed by atoms with E-state index in [1.165, 1.54) is 13.0 Å². The van der Waals surface area contributed by atoms with Crippen molar-refractivity contribution in [3.63, 3.8) is 0 Å². The van der Waals surface area contributed by atoms with E-state index in [9.17, 15) is 9.90 Å². The first-order chi connectivity index (χ1) is 9.31. The summed E-state index contributed by atoms with van der Waals surface area (Å²) in [6.45, 7) is 7.25. The minimum absolute atomic E-state index is 0.0125. The number of rotatable bonds is 7. The van der Waals surface area contributed by atoms with Gasteiger partial charge in [0.25, 0.3) is 0 Å². The zero-order chi connectivity index (χ0) is 15.3. The van der Waals surface area contributed by atoms with E-state index in [2.05, 4.69) is 0 Å². The fourth-order valence-electron chi connectivity index (χ4n) is 1.86. The number of phenols is 1. The quantitative estimate of drug-likeness (QED) is 0.786. The Morgan fingerprint density at radius 1 is 1.45 bits per heavy atom. The van der Waals surface area contributed by atoms with E-state index in [4.69, 9.17) is 16.3 Å². The Bertz CT molecular complexity index is 474. The molecular weight excluding hydrogens is 278 g/mol. The largest absolute Gasteiger partial charge is 0.507 e. The number of phenolic OH excluding ortho intramolecular Hbond substituents is 1. The molecule has 0 radical (unpaired) electrons. The molecule has 0 aromatic heterocycles. The Morgan fingerprint density at radius 3 is 2.65 bits per heavy atom. The van der Waals surface area contributed by atoms with Crippen LogP contribution in [0.5, 0.6) is 5.75 Å². The van der Waals surface area contributed by atoms with Gasteiger partial charge in [0.1, 0.15) is 5.75 Å². The van der Waals surface area contributed by atoms with Crippen molar-refractivity contribution in [1.29, 1.82) is 0 Å². The van der Waals surface area contributed by atoms with Crippen molar-refractivity contribution >= 4 is 17.4 Å². The van der Waals surface area contributed by atoms with E-state index in [0.29, 0.717) is 23.7 Å². The Balaban J connectivity index is 2.74. The van der Waals surface area contributed by atoms with Gasteiger partial charge in [-0.15, -0.1) is 0 Å². The van der Waals surface area contributed by atoms with Crippen LogP contribution < -0.4 is 0 Å². The molecule has 0 unspecified atom stereocenters. The lowest BCUT2D eigenvalue weighted by atomic mass is 10.1. The molecule has 0 saturated heterocycles. The molecule has 1 aromatic carbocycles. The first-order valence-electron chi connectivity index (χ1n) is 6.63. The lowest BCUT2D eigenvalue weighted by molar-refractivity contribution is 0.0625. The van der Waals surface area contributed by atoms with Gasteiger partial charge >= 0.3 is 0 Å². The Hall–Kier alpha value is -1.10. The number of carbonyl (C=O) groups excluding carboxylic acids is 1. The van der Waals surface area contributed by atoms with Gasteiger partial charge in [-0.25, -0.2) is 0 Å². The standard InChI is InChI=1S/C15H22ClNO3/c1-10(2)20-6-5-17(4)9-12-7-13(16)8-14(11(3)18)15(12)19/h7-8,10,19H,5-6,9H2,1-4H3. The van der Waals surface area contributed by atoms with Gasteiger partial charge in [-0.2, -0.15) is 0 Å². The number of aromatic hydroxyl groups is 1. The summed E-state index contributed by atoms with van der Waals surface area (Å²) in [6, 6.07) is 3.17. The van der Waals surface area contributed by atoms with Crippen molar-refractivity contribution in [1.82, 2.24) is 4.90 Å². The summed E-state index contributed by atoms with van der Waals surface area (Å²) in [6.07, 6.45) is 0.201. The topological polar surface area (TPSA) is 49.8 Å². The molecule has 0 aliphatic carbocycles. The molecule has 0 bridgehead atoms. The van der Waals surface area contributed by atoms with Crippen LogP contribution in [0.3, 0.4) is 0 Å². The lowest BCUT2D eigenvalue weighted by Crippen LogP contribution is -2.24. The number of carbonyl (C=O) groups is 1. The van der Waals surface area contributed by atoms with Crippen LogP contribution in [0.2, 0.25) is 5.02 Å². The third kappa shape index (κ3) is 5.12. The summed E-state index contributed by atoms with van der Waals surface area (Å²) in [5.74, 6) is -0.185. The highest BCUT2D eigenvalue weighted by Gasteiger charge is 2.14. The molecule has 0 fully saturated rings. The number of benzene rings is 1. The molecule has 4 nitrogen and oxygen atoms in total. The molecule has 1 rings (SSSR count). The number of ketones is 1. The number of ether oxygens (including phenoxy) is 1. The fraction of sp³-hybridized carbons (Fsp3) is 0.533. The molecule has 0 spiro atoms. The number of hydrogen-bond acceptors (Lipinski definition) is 4. The molecule has 5 heteroatoms. The third-order valence-electron chi connectivity index (χ3n) is 2.90. The average Bonchev–Trinajstić information content (AvgIpc) is 2.32. The van der Waals surface area contributed by atoms with Gasteiger partial charge in [0.05, 0.1) is 18.3 Å². The number of nitrogens with zero attached hydrogens (tertiary/aromatic N) is 1. The Morgan fingerprint density at radius 2 is 2.10 bits per heavy atom. The van der Waals surface area contributed by atoms with E-state index in [-0.39, 0.29) is 23.2 Å². The smallest absolute Gasteiger partial charge is 0.163 e. The minimum Gasteiger partial charge on any atom is -0.507 e. The lowest BCUT2D eigenvalue weighted by Gasteiger charge is -2.19. The second-order valence-corrected chi connectivity index (χ2v) is 5.61. The summed E-state index contributed by atoms with van der Waals surface area (Å²) in [4.78, 5) is 13.5. The molecule has 1 aromatic rings. The van der Waals surface area contributed by atoms with E-state index in [1.54, 1.807) is 6.07 Å². The van der Waals surface area contributed by atoms with Crippen molar-refractivity contribution in [3.05, 3.63) is 28.3 Å². The van der Waals surface area contributed by atoms with Gasteiger partial charge in [0, 0.05) is 23.7 Å². The molecule has 1 N–H and O–H groups in total. The summed E-state index contributed by atoms with van der Waals surface area (Å²) in [7, 11) is 1.93. The zero-order valence-electron chi connectivity index (χ0n) is 12.4. The van der Waals surface area contributed by atoms with Gasteiger partial charge in [-0.05, 0) is 40.0 Å². The molecule has 20 heavy (non-hydrogen) atoms. The van der Waals surface area contributed by atoms with Crippen LogP contribution in [-0.4, -0.2) is 42.1 Å². The Kier molecular flexibility index (Phi) is 6.46. The van der Waals surface area contributed by atoms with E-state index < -0.39 is 0 Å². The maximum absolute atomic E-state index is 11.5. The molecule has 112 valence electrons. The highest BCUT2D eigenvalue weighted by Crippen LogP contribution is 2.28. The van der Waals surface area contributed by atoms with E-state index >= 15 is 0 Å². The van der Waals surface area contributed by atoms with E-state index in [0.717, 1.165) is 6.54 Å². The second kappa shape index (κ2) is 7.62. The molecule has 0 amide bonds. The van der Waals surface area contributed by atoms with Gasteiger partial charge in [-0.3, -0.25) is 9.69 Å². The summed E-state index contributed by atoms with van der Waals surface area (Å²) in [5, 5.41) is 10.6. The summed E-state index contributed by atoms with van der Waals surface area (Å²) < 4.78 is 5.48. The summed E-state index contributed by atoms with van der Waals surface area (Å²) in [5.41, 5.74) is 0.911. The SMILES string of the molecule is CC(=O)c1cc(Cl)cc(CN(C)CCOC(C)C)c1O. The highest BCUT2D eigenvalue weighted by atomic mass is 35.5. The normalized spacial score (nSPS) is 11.3. The number of hydrogen-bond donors (Lipinski definition) is 1. The first-order valence-corrected chi connectivity index (χ1v) is 7.01. The predicted octanol–water partition coefficient (Wildman–Crippen LogP) is 3.11. The second-order valence-electron chi connectivity index (χ2n) is 5.17. The van der Waals surface area contributed by atoms with Gasteiger partial charge in [0.15, 0.2) is 5.78 Å². The van der Waals surface area contributed by atoms with Crippen molar-refractivity contribution in [3.8, 4) is 5.75 Å². The molecule has 0 heterocycles. The van der Waals surface area contributed by atoms with Crippen molar-refractivity contribution in [2.24, 2.45) is 0 Å². The molecule has 0 aliphatic heterocycles. The van der Waals surface area contributed by atoms with Gasteiger partial charge in [0.2, 0.25) is 0 Å². The zero-order valence-corrected chi connectivity index (χ0v) is 13.2. The first kappa shape index (κ1) is 17.0. The van der Waals surface area contributed by atoms with Crippen LogP contribution in [0, 0.1) is 0 Å². The van der Waals surface area contributed by atoms with Crippen LogP contribution in [0.1, 0.15) is 36.7 Å². The molecule has 0 saturated carbocycles. The molecular formula is C15H22ClNO3. The monoisotopic (exact) mass is 299 g/mol. The van der Waals surface area contributed by atoms with Crippen LogP contribution in [-0.2, 0) is 11.3 Å². The van der Waals surface area contributed by atoms with Crippen LogP contribution >= 0.6 is 11.6 Å².